The lowest BCUT2D eigenvalue weighted by Gasteiger charge is -2.26. The molecular formula is C13H17NO3. The highest BCUT2D eigenvalue weighted by atomic mass is 16.4. The summed E-state index contributed by atoms with van der Waals surface area (Å²) in [5.41, 5.74) is 1.48. The van der Waals surface area contributed by atoms with Gasteiger partial charge in [-0.3, -0.25) is 0 Å². The van der Waals surface area contributed by atoms with Crippen LogP contribution < -0.4 is 0 Å². The normalized spacial score (nSPS) is 11.9. The highest BCUT2D eigenvalue weighted by molar-refractivity contribution is 5.74. The molecule has 0 fully saturated rings. The quantitative estimate of drug-likeness (QED) is 0.817. The third kappa shape index (κ3) is 3.52. The number of phenols is 1. The molecule has 1 aromatic carbocycles. The molecule has 1 unspecified atom stereocenters. The summed E-state index contributed by atoms with van der Waals surface area (Å²) in [4.78, 5) is 12.8. The number of allylic oxidation sites excluding steroid dienone is 1. The number of aliphatic carboxylic acids is 1. The van der Waals surface area contributed by atoms with Gasteiger partial charge in [0, 0.05) is 19.2 Å². The Kier molecular flexibility index (Phi) is 4.15. The molecule has 0 aromatic heterocycles. The summed E-state index contributed by atoms with van der Waals surface area (Å²) < 4.78 is 0. The van der Waals surface area contributed by atoms with Crippen molar-refractivity contribution in [2.75, 3.05) is 7.05 Å². The number of phenolic OH excluding ortho intramolecular Hbond substituents is 1. The predicted octanol–water partition coefficient (Wildman–Crippen LogP) is 1.85. The smallest absolute Gasteiger partial charge is 0.326 e. The van der Waals surface area contributed by atoms with Crippen molar-refractivity contribution in [3.05, 3.63) is 42.1 Å². The average molecular weight is 235 g/mol. The van der Waals surface area contributed by atoms with Gasteiger partial charge in [-0.1, -0.05) is 18.7 Å². The third-order valence-electron chi connectivity index (χ3n) is 2.69. The largest absolute Gasteiger partial charge is 0.508 e. The number of carbonyl (C=O) groups is 1. The van der Waals surface area contributed by atoms with Crippen LogP contribution in [0.1, 0.15) is 12.5 Å². The summed E-state index contributed by atoms with van der Waals surface area (Å²) in [6.07, 6.45) is 0.326. The third-order valence-corrected chi connectivity index (χ3v) is 2.69. The minimum absolute atomic E-state index is 0.143. The predicted molar refractivity (Wildman–Crippen MR) is 65.8 cm³/mol. The van der Waals surface area contributed by atoms with Crippen LogP contribution in [0.15, 0.2) is 36.5 Å². The number of hydrogen-bond acceptors (Lipinski definition) is 3. The van der Waals surface area contributed by atoms with E-state index in [1.165, 1.54) is 0 Å². The summed E-state index contributed by atoms with van der Waals surface area (Å²) in [6.45, 7) is 5.49. The fourth-order valence-electron chi connectivity index (χ4n) is 1.56. The van der Waals surface area contributed by atoms with Gasteiger partial charge in [0.2, 0.25) is 0 Å². The molecule has 0 spiro atoms. The molecule has 0 saturated heterocycles. The molecule has 1 atom stereocenters. The van der Waals surface area contributed by atoms with E-state index in [4.69, 9.17) is 0 Å². The molecule has 0 aliphatic heterocycles. The van der Waals surface area contributed by atoms with Crippen LogP contribution in [0, 0.1) is 0 Å². The fraction of sp³-hybridized carbons (Fsp3) is 0.308. The number of carboxylic acids is 1. The molecule has 0 bridgehead atoms. The maximum atomic E-state index is 11.2. The SMILES string of the molecule is C=C(C)N(C)C(Cc1cccc(O)c1)C(=O)O. The van der Waals surface area contributed by atoms with Crippen molar-refractivity contribution in [2.24, 2.45) is 0 Å². The van der Waals surface area contributed by atoms with Crippen molar-refractivity contribution < 1.29 is 15.0 Å². The Morgan fingerprint density at radius 1 is 1.53 bits per heavy atom. The first-order valence-corrected chi connectivity index (χ1v) is 5.31. The Bertz CT molecular complexity index is 428. The minimum atomic E-state index is -0.904. The van der Waals surface area contributed by atoms with E-state index >= 15 is 0 Å². The van der Waals surface area contributed by atoms with Gasteiger partial charge in [-0.2, -0.15) is 0 Å². The van der Waals surface area contributed by atoms with Gasteiger partial charge in [0.15, 0.2) is 0 Å². The van der Waals surface area contributed by atoms with E-state index in [2.05, 4.69) is 6.58 Å². The van der Waals surface area contributed by atoms with Crippen LogP contribution >= 0.6 is 0 Å². The molecule has 0 aliphatic carbocycles. The summed E-state index contributed by atoms with van der Waals surface area (Å²) in [5, 5.41) is 18.5. The second-order valence-corrected chi connectivity index (χ2v) is 4.07. The monoisotopic (exact) mass is 235 g/mol. The van der Waals surface area contributed by atoms with Gasteiger partial charge in [0.05, 0.1) is 0 Å². The first-order valence-electron chi connectivity index (χ1n) is 5.31. The van der Waals surface area contributed by atoms with Gasteiger partial charge in [0.25, 0.3) is 0 Å². The van der Waals surface area contributed by atoms with E-state index in [1.54, 1.807) is 43.1 Å². The lowest BCUT2D eigenvalue weighted by molar-refractivity contribution is -0.142. The number of nitrogens with zero attached hydrogens (tertiary/aromatic N) is 1. The van der Waals surface area contributed by atoms with E-state index < -0.39 is 12.0 Å². The highest BCUT2D eigenvalue weighted by Crippen LogP contribution is 2.16. The lowest BCUT2D eigenvalue weighted by atomic mass is 10.0. The van der Waals surface area contributed by atoms with Crippen molar-refractivity contribution >= 4 is 5.97 Å². The zero-order valence-electron chi connectivity index (χ0n) is 10.1. The molecule has 4 nitrogen and oxygen atoms in total. The number of aromatic hydroxyl groups is 1. The second-order valence-electron chi connectivity index (χ2n) is 4.07. The zero-order chi connectivity index (χ0) is 13.0. The standard InChI is InChI=1S/C13H17NO3/c1-9(2)14(3)12(13(16)17)8-10-5-4-6-11(15)7-10/h4-7,12,15H,1,8H2,2-3H3,(H,16,17). The van der Waals surface area contributed by atoms with Crippen molar-refractivity contribution in [2.45, 2.75) is 19.4 Å². The number of rotatable bonds is 5. The van der Waals surface area contributed by atoms with E-state index in [0.717, 1.165) is 5.56 Å². The first-order chi connectivity index (χ1) is 7.91. The minimum Gasteiger partial charge on any atom is -0.508 e. The Morgan fingerprint density at radius 3 is 2.65 bits per heavy atom. The average Bonchev–Trinajstić information content (AvgIpc) is 2.24. The fourth-order valence-corrected chi connectivity index (χ4v) is 1.56. The first kappa shape index (κ1) is 13.1. The molecule has 0 aliphatic rings. The molecule has 0 amide bonds. The number of benzene rings is 1. The molecule has 1 rings (SSSR count). The molecule has 2 N–H and O–H groups in total. The van der Waals surface area contributed by atoms with Crippen LogP contribution in [-0.4, -0.2) is 34.2 Å². The zero-order valence-corrected chi connectivity index (χ0v) is 10.1. The van der Waals surface area contributed by atoms with Crippen molar-refractivity contribution in [3.63, 3.8) is 0 Å². The van der Waals surface area contributed by atoms with Gasteiger partial charge >= 0.3 is 5.97 Å². The van der Waals surface area contributed by atoms with Gasteiger partial charge < -0.3 is 15.1 Å². The van der Waals surface area contributed by atoms with Gasteiger partial charge in [-0.05, 0) is 24.6 Å². The summed E-state index contributed by atoms with van der Waals surface area (Å²) >= 11 is 0. The van der Waals surface area contributed by atoms with Crippen LogP contribution in [-0.2, 0) is 11.2 Å². The molecule has 0 heterocycles. The molecule has 4 heteroatoms. The molecule has 0 saturated carbocycles. The Morgan fingerprint density at radius 2 is 2.18 bits per heavy atom. The van der Waals surface area contributed by atoms with Gasteiger partial charge in [0.1, 0.15) is 11.8 Å². The number of carboxylic acid groups (broad SMARTS) is 1. The van der Waals surface area contributed by atoms with Gasteiger partial charge in [-0.15, -0.1) is 0 Å². The lowest BCUT2D eigenvalue weighted by Crippen LogP contribution is -2.38. The van der Waals surface area contributed by atoms with E-state index in [1.807, 2.05) is 0 Å². The summed E-state index contributed by atoms with van der Waals surface area (Å²) in [7, 11) is 1.70. The summed E-state index contributed by atoms with van der Waals surface area (Å²) in [6, 6.07) is 5.95. The van der Waals surface area contributed by atoms with Crippen LogP contribution in [0.3, 0.4) is 0 Å². The second kappa shape index (κ2) is 5.39. The van der Waals surface area contributed by atoms with E-state index in [-0.39, 0.29) is 5.75 Å². The van der Waals surface area contributed by atoms with E-state index in [0.29, 0.717) is 12.1 Å². The molecule has 1 aromatic rings. The van der Waals surface area contributed by atoms with Crippen molar-refractivity contribution in [1.29, 1.82) is 0 Å². The maximum absolute atomic E-state index is 11.2. The number of hydrogen-bond donors (Lipinski definition) is 2. The topological polar surface area (TPSA) is 60.8 Å². The summed E-state index contributed by atoms with van der Waals surface area (Å²) in [5.74, 6) is -0.761. The Balaban J connectivity index is 2.88. The molecule has 17 heavy (non-hydrogen) atoms. The molecule has 0 radical (unpaired) electrons. The number of likely N-dealkylation sites (N-methyl/N-ethyl adjacent to an activating group) is 1. The Labute approximate surface area is 101 Å². The van der Waals surface area contributed by atoms with E-state index in [9.17, 15) is 15.0 Å². The van der Waals surface area contributed by atoms with Crippen LogP contribution in [0.25, 0.3) is 0 Å². The molecular weight excluding hydrogens is 218 g/mol. The van der Waals surface area contributed by atoms with Gasteiger partial charge in [-0.25, -0.2) is 4.79 Å². The van der Waals surface area contributed by atoms with Crippen LogP contribution in [0.5, 0.6) is 5.75 Å². The van der Waals surface area contributed by atoms with Crippen molar-refractivity contribution in [1.82, 2.24) is 4.90 Å². The Hall–Kier alpha value is -1.97. The highest BCUT2D eigenvalue weighted by Gasteiger charge is 2.22. The molecule has 92 valence electrons. The van der Waals surface area contributed by atoms with Crippen LogP contribution in [0.2, 0.25) is 0 Å². The maximum Gasteiger partial charge on any atom is 0.326 e. The van der Waals surface area contributed by atoms with Crippen LogP contribution in [0.4, 0.5) is 0 Å². The van der Waals surface area contributed by atoms with Crippen molar-refractivity contribution in [3.8, 4) is 5.75 Å².